The van der Waals surface area contributed by atoms with E-state index in [1.54, 1.807) is 6.92 Å². The van der Waals surface area contributed by atoms with Crippen molar-refractivity contribution in [3.8, 4) is 0 Å². The SMILES string of the molecule is C[C@@H]1CCc2sc(C(=O)O[C@H](C)C(=O)Nc3ccc(N(C)C)cc3)cc2C1. The molecule has 0 fully saturated rings. The molecular weight excluding hydrogens is 360 g/mol. The fourth-order valence-electron chi connectivity index (χ4n) is 3.17. The van der Waals surface area contributed by atoms with E-state index in [2.05, 4.69) is 12.2 Å². The molecule has 1 aromatic carbocycles. The molecule has 0 radical (unpaired) electrons. The smallest absolute Gasteiger partial charge is 0.349 e. The maximum Gasteiger partial charge on any atom is 0.349 e. The summed E-state index contributed by atoms with van der Waals surface area (Å²) in [5.41, 5.74) is 2.97. The Labute approximate surface area is 164 Å². The normalized spacial score (nSPS) is 17.0. The van der Waals surface area contributed by atoms with Crippen LogP contribution in [0.3, 0.4) is 0 Å². The first-order valence-electron chi connectivity index (χ1n) is 9.24. The fraction of sp³-hybridized carbons (Fsp3) is 0.429. The number of fused-ring (bicyclic) bond motifs is 1. The second-order valence-electron chi connectivity index (χ2n) is 7.39. The van der Waals surface area contributed by atoms with Gasteiger partial charge in [0.05, 0.1) is 0 Å². The largest absolute Gasteiger partial charge is 0.448 e. The molecule has 0 saturated carbocycles. The molecule has 0 bridgehead atoms. The van der Waals surface area contributed by atoms with Gasteiger partial charge in [0.25, 0.3) is 5.91 Å². The molecule has 27 heavy (non-hydrogen) atoms. The molecule has 1 heterocycles. The Morgan fingerprint density at radius 2 is 1.96 bits per heavy atom. The number of thiophene rings is 1. The average Bonchev–Trinajstić information content (AvgIpc) is 3.05. The molecule has 144 valence electrons. The fourth-order valence-corrected chi connectivity index (χ4v) is 4.26. The minimum Gasteiger partial charge on any atom is -0.448 e. The number of anilines is 2. The van der Waals surface area contributed by atoms with E-state index in [1.807, 2.05) is 49.3 Å². The van der Waals surface area contributed by atoms with Gasteiger partial charge in [-0.15, -0.1) is 11.3 Å². The van der Waals surface area contributed by atoms with Crippen LogP contribution in [0.4, 0.5) is 11.4 Å². The number of nitrogens with zero attached hydrogens (tertiary/aromatic N) is 1. The van der Waals surface area contributed by atoms with Crippen molar-refractivity contribution in [2.24, 2.45) is 5.92 Å². The van der Waals surface area contributed by atoms with Crippen molar-refractivity contribution in [1.29, 1.82) is 0 Å². The van der Waals surface area contributed by atoms with Crippen LogP contribution in [0.2, 0.25) is 0 Å². The number of ether oxygens (including phenoxy) is 1. The van der Waals surface area contributed by atoms with Crippen LogP contribution < -0.4 is 10.2 Å². The molecule has 6 heteroatoms. The predicted octanol–water partition coefficient (Wildman–Crippen LogP) is 4.12. The monoisotopic (exact) mass is 386 g/mol. The van der Waals surface area contributed by atoms with Gasteiger partial charge in [0.15, 0.2) is 6.10 Å². The number of esters is 1. The highest BCUT2D eigenvalue weighted by Crippen LogP contribution is 2.32. The molecule has 1 aliphatic rings. The van der Waals surface area contributed by atoms with Crippen LogP contribution in [0.25, 0.3) is 0 Å². The van der Waals surface area contributed by atoms with E-state index in [1.165, 1.54) is 21.8 Å². The van der Waals surface area contributed by atoms with Crippen LogP contribution in [0.1, 0.15) is 40.4 Å². The zero-order valence-electron chi connectivity index (χ0n) is 16.2. The maximum atomic E-state index is 12.4. The molecule has 0 saturated heterocycles. The van der Waals surface area contributed by atoms with Crippen LogP contribution in [-0.2, 0) is 22.4 Å². The zero-order chi connectivity index (χ0) is 19.6. The zero-order valence-corrected chi connectivity index (χ0v) is 17.1. The number of amides is 1. The number of hydrogen-bond acceptors (Lipinski definition) is 5. The summed E-state index contributed by atoms with van der Waals surface area (Å²) in [5.74, 6) is -0.108. The van der Waals surface area contributed by atoms with E-state index in [-0.39, 0.29) is 5.91 Å². The van der Waals surface area contributed by atoms with Crippen molar-refractivity contribution >= 4 is 34.6 Å². The van der Waals surface area contributed by atoms with Gasteiger partial charge in [-0.25, -0.2) is 4.79 Å². The lowest BCUT2D eigenvalue weighted by Gasteiger charge is -2.16. The van der Waals surface area contributed by atoms with Crippen molar-refractivity contribution in [3.05, 3.63) is 45.6 Å². The Hall–Kier alpha value is -2.34. The van der Waals surface area contributed by atoms with E-state index < -0.39 is 12.1 Å². The topological polar surface area (TPSA) is 58.6 Å². The number of hydrogen-bond donors (Lipinski definition) is 1. The summed E-state index contributed by atoms with van der Waals surface area (Å²) in [6.07, 6.45) is 2.34. The van der Waals surface area contributed by atoms with Gasteiger partial charge in [-0.2, -0.15) is 0 Å². The van der Waals surface area contributed by atoms with Gasteiger partial charge in [-0.05, 0) is 68.0 Å². The second-order valence-corrected chi connectivity index (χ2v) is 8.52. The van der Waals surface area contributed by atoms with Gasteiger partial charge in [0, 0.05) is 30.3 Å². The highest BCUT2D eigenvalue weighted by atomic mass is 32.1. The van der Waals surface area contributed by atoms with Crippen LogP contribution >= 0.6 is 11.3 Å². The minimum absolute atomic E-state index is 0.337. The lowest BCUT2D eigenvalue weighted by atomic mass is 9.90. The van der Waals surface area contributed by atoms with Gasteiger partial charge in [-0.1, -0.05) is 6.92 Å². The minimum atomic E-state index is -0.857. The molecular formula is C21H26N2O3S. The molecule has 2 atom stereocenters. The molecule has 1 amide bonds. The summed E-state index contributed by atoms with van der Waals surface area (Å²) in [6, 6.07) is 9.43. The number of nitrogens with one attached hydrogen (secondary N) is 1. The Morgan fingerprint density at radius 1 is 1.26 bits per heavy atom. The number of rotatable bonds is 5. The molecule has 0 unspecified atom stereocenters. The van der Waals surface area contributed by atoms with E-state index in [9.17, 15) is 9.59 Å². The predicted molar refractivity (Wildman–Crippen MR) is 110 cm³/mol. The summed E-state index contributed by atoms with van der Waals surface area (Å²) < 4.78 is 5.39. The lowest BCUT2D eigenvalue weighted by molar-refractivity contribution is -0.123. The van der Waals surface area contributed by atoms with Crippen molar-refractivity contribution in [2.45, 2.75) is 39.2 Å². The average molecular weight is 387 g/mol. The van der Waals surface area contributed by atoms with Gasteiger partial charge in [0.2, 0.25) is 0 Å². The summed E-state index contributed by atoms with van der Waals surface area (Å²) >= 11 is 1.50. The Morgan fingerprint density at radius 3 is 2.63 bits per heavy atom. The number of benzene rings is 1. The first kappa shape index (κ1) is 19.4. The Kier molecular flexibility index (Phi) is 5.85. The van der Waals surface area contributed by atoms with Gasteiger partial charge in [0.1, 0.15) is 4.88 Å². The van der Waals surface area contributed by atoms with Crippen molar-refractivity contribution in [2.75, 3.05) is 24.3 Å². The second kappa shape index (κ2) is 8.13. The molecule has 1 N–H and O–H groups in total. The summed E-state index contributed by atoms with van der Waals surface area (Å²) in [7, 11) is 3.91. The third-order valence-corrected chi connectivity index (χ3v) is 6.05. The summed E-state index contributed by atoms with van der Waals surface area (Å²) in [5, 5.41) is 2.79. The Bertz CT molecular complexity index is 826. The number of aryl methyl sites for hydroxylation is 1. The lowest BCUT2D eigenvalue weighted by Crippen LogP contribution is -2.29. The summed E-state index contributed by atoms with van der Waals surface area (Å²) in [4.78, 5) is 28.6. The van der Waals surface area contributed by atoms with Crippen LogP contribution in [0, 0.1) is 5.92 Å². The van der Waals surface area contributed by atoms with Crippen LogP contribution in [0.15, 0.2) is 30.3 Å². The highest BCUT2D eigenvalue weighted by Gasteiger charge is 2.24. The Balaban J connectivity index is 1.58. The van der Waals surface area contributed by atoms with Crippen molar-refractivity contribution in [3.63, 3.8) is 0 Å². The molecule has 1 aromatic heterocycles. The van der Waals surface area contributed by atoms with Gasteiger partial charge >= 0.3 is 5.97 Å². The molecule has 2 aromatic rings. The van der Waals surface area contributed by atoms with E-state index in [4.69, 9.17) is 4.74 Å². The summed E-state index contributed by atoms with van der Waals surface area (Å²) in [6.45, 7) is 3.83. The first-order valence-corrected chi connectivity index (χ1v) is 10.1. The van der Waals surface area contributed by atoms with E-state index in [0.29, 0.717) is 16.5 Å². The van der Waals surface area contributed by atoms with E-state index in [0.717, 1.165) is 24.9 Å². The quantitative estimate of drug-likeness (QED) is 0.785. The molecule has 0 aliphatic heterocycles. The highest BCUT2D eigenvalue weighted by molar-refractivity contribution is 7.14. The number of carbonyl (C=O) groups excluding carboxylic acids is 2. The van der Waals surface area contributed by atoms with Crippen LogP contribution in [-0.4, -0.2) is 32.1 Å². The molecule has 3 rings (SSSR count). The maximum absolute atomic E-state index is 12.4. The van der Waals surface area contributed by atoms with Crippen molar-refractivity contribution in [1.82, 2.24) is 0 Å². The van der Waals surface area contributed by atoms with Gasteiger partial charge < -0.3 is 15.0 Å². The standard InChI is InChI=1S/C21H26N2O3S/c1-13-5-10-18-15(11-13)12-19(27-18)21(25)26-14(2)20(24)22-16-6-8-17(9-7-16)23(3)4/h6-9,12-14H,5,10-11H2,1-4H3,(H,22,24)/t13-,14-/m1/s1. The molecule has 0 spiro atoms. The molecule has 5 nitrogen and oxygen atoms in total. The first-order chi connectivity index (χ1) is 12.8. The third kappa shape index (κ3) is 4.69. The van der Waals surface area contributed by atoms with Crippen molar-refractivity contribution < 1.29 is 14.3 Å². The van der Waals surface area contributed by atoms with Crippen LogP contribution in [0.5, 0.6) is 0 Å². The van der Waals surface area contributed by atoms with E-state index >= 15 is 0 Å². The molecule has 1 aliphatic carbocycles. The van der Waals surface area contributed by atoms with Gasteiger partial charge in [-0.3, -0.25) is 4.79 Å². The number of carbonyl (C=O) groups is 2. The third-order valence-electron chi connectivity index (χ3n) is 4.83.